The Morgan fingerprint density at radius 3 is 2.44 bits per heavy atom. The van der Waals surface area contributed by atoms with Gasteiger partial charge in [-0.1, -0.05) is 11.3 Å². The summed E-state index contributed by atoms with van der Waals surface area (Å²) in [5, 5.41) is 13.2. The molecule has 3 aromatic rings. The molecule has 0 atom stereocenters. The fourth-order valence-corrected chi connectivity index (χ4v) is 3.74. The number of alkyl halides is 3. The van der Waals surface area contributed by atoms with Crippen LogP contribution in [-0.4, -0.2) is 45.5 Å². The summed E-state index contributed by atoms with van der Waals surface area (Å²) in [4.78, 5) is 23.5. The Balaban J connectivity index is 1.50. The molecule has 0 spiro atoms. The molecule has 8 nitrogen and oxygen atoms in total. The van der Waals surface area contributed by atoms with Crippen LogP contribution in [0.15, 0.2) is 29.9 Å². The SMILES string of the molecule is O=[N+]([O-])c1c(N2CCN(c3ccc(C(F)(F)F)cn3)CC2)nc2sccn12. The Labute approximate surface area is 154 Å². The molecule has 4 rings (SSSR count). The van der Waals surface area contributed by atoms with Crippen LogP contribution >= 0.6 is 11.3 Å². The Morgan fingerprint density at radius 1 is 1.15 bits per heavy atom. The Morgan fingerprint density at radius 2 is 1.85 bits per heavy atom. The van der Waals surface area contributed by atoms with Gasteiger partial charge in [0.25, 0.3) is 4.96 Å². The summed E-state index contributed by atoms with van der Waals surface area (Å²) in [6.45, 7) is 1.85. The molecule has 12 heteroatoms. The zero-order valence-corrected chi connectivity index (χ0v) is 14.6. The lowest BCUT2D eigenvalue weighted by atomic mass is 10.2. The number of aromatic nitrogens is 3. The van der Waals surface area contributed by atoms with Gasteiger partial charge in [-0.15, -0.1) is 0 Å². The van der Waals surface area contributed by atoms with Gasteiger partial charge in [-0.3, -0.25) is 0 Å². The van der Waals surface area contributed by atoms with Crippen molar-refractivity contribution in [3.8, 4) is 0 Å². The molecule has 0 amide bonds. The molecule has 0 bridgehead atoms. The van der Waals surface area contributed by atoms with Crippen molar-refractivity contribution >= 4 is 33.8 Å². The first-order chi connectivity index (χ1) is 12.8. The van der Waals surface area contributed by atoms with Gasteiger partial charge < -0.3 is 19.9 Å². The summed E-state index contributed by atoms with van der Waals surface area (Å²) in [5.41, 5.74) is -0.793. The highest BCUT2D eigenvalue weighted by atomic mass is 32.1. The highest BCUT2D eigenvalue weighted by Crippen LogP contribution is 2.32. The highest BCUT2D eigenvalue weighted by Gasteiger charge is 2.32. The molecular formula is C15H13F3N6O2S. The fourth-order valence-electron chi connectivity index (χ4n) is 3.03. The van der Waals surface area contributed by atoms with E-state index < -0.39 is 16.7 Å². The van der Waals surface area contributed by atoms with E-state index in [1.165, 1.54) is 21.8 Å². The number of fused-ring (bicyclic) bond motifs is 1. The van der Waals surface area contributed by atoms with Gasteiger partial charge in [0.15, 0.2) is 0 Å². The Bertz CT molecular complexity index is 976. The number of piperazine rings is 1. The van der Waals surface area contributed by atoms with Crippen LogP contribution in [0.5, 0.6) is 0 Å². The third-order valence-corrected chi connectivity index (χ3v) is 5.13. The molecule has 142 valence electrons. The number of pyridine rings is 1. The molecule has 0 aromatic carbocycles. The van der Waals surface area contributed by atoms with E-state index in [1.807, 2.05) is 9.80 Å². The van der Waals surface area contributed by atoms with Crippen LogP contribution in [0.25, 0.3) is 4.96 Å². The largest absolute Gasteiger partial charge is 0.417 e. The van der Waals surface area contributed by atoms with Crippen LogP contribution in [0.1, 0.15) is 5.56 Å². The molecule has 1 fully saturated rings. The van der Waals surface area contributed by atoms with Crippen LogP contribution in [0.4, 0.5) is 30.6 Å². The van der Waals surface area contributed by atoms with E-state index in [9.17, 15) is 23.3 Å². The third-order valence-electron chi connectivity index (χ3n) is 4.37. The number of imidazole rings is 1. The Hall–Kier alpha value is -2.89. The molecule has 0 unspecified atom stereocenters. The lowest BCUT2D eigenvalue weighted by Crippen LogP contribution is -2.47. The molecule has 3 aromatic heterocycles. The van der Waals surface area contributed by atoms with E-state index >= 15 is 0 Å². The molecule has 4 heterocycles. The normalized spacial score (nSPS) is 15.5. The summed E-state index contributed by atoms with van der Waals surface area (Å²) in [6, 6.07) is 2.34. The van der Waals surface area contributed by atoms with Crippen molar-refractivity contribution in [3.05, 3.63) is 45.6 Å². The Kier molecular flexibility index (Phi) is 4.13. The second-order valence-electron chi connectivity index (χ2n) is 5.95. The van der Waals surface area contributed by atoms with Crippen molar-refractivity contribution in [1.82, 2.24) is 14.4 Å². The maximum absolute atomic E-state index is 12.6. The summed E-state index contributed by atoms with van der Waals surface area (Å²) in [5.74, 6) is 0.683. The van der Waals surface area contributed by atoms with Crippen molar-refractivity contribution in [2.24, 2.45) is 0 Å². The number of rotatable bonds is 3. The van der Waals surface area contributed by atoms with Gasteiger partial charge in [0.2, 0.25) is 5.82 Å². The number of thiazole rings is 1. The molecule has 1 aliphatic rings. The lowest BCUT2D eigenvalue weighted by molar-refractivity contribution is -0.389. The van der Waals surface area contributed by atoms with Crippen LogP contribution in [0, 0.1) is 10.1 Å². The minimum Gasteiger partial charge on any atom is -0.358 e. The van der Waals surface area contributed by atoms with Crippen LogP contribution in [0.2, 0.25) is 0 Å². The number of nitro groups is 1. The summed E-state index contributed by atoms with van der Waals surface area (Å²) < 4.78 is 39.4. The summed E-state index contributed by atoms with van der Waals surface area (Å²) >= 11 is 1.31. The molecule has 27 heavy (non-hydrogen) atoms. The fraction of sp³-hybridized carbons (Fsp3) is 0.333. The first-order valence-electron chi connectivity index (χ1n) is 7.97. The molecule has 1 aliphatic heterocycles. The quantitative estimate of drug-likeness (QED) is 0.498. The lowest BCUT2D eigenvalue weighted by Gasteiger charge is -2.35. The van der Waals surface area contributed by atoms with Crippen molar-refractivity contribution in [2.75, 3.05) is 36.0 Å². The van der Waals surface area contributed by atoms with Crippen LogP contribution in [0.3, 0.4) is 0 Å². The number of nitrogens with zero attached hydrogens (tertiary/aromatic N) is 6. The number of hydrogen-bond donors (Lipinski definition) is 0. The van der Waals surface area contributed by atoms with Crippen LogP contribution in [-0.2, 0) is 6.18 Å². The molecule has 0 saturated carbocycles. The standard InChI is InChI=1S/C15H13F3N6O2S/c16-15(17,18)10-1-2-11(19-9-10)21-3-5-22(6-4-21)12-13(24(25)26)23-7-8-27-14(23)20-12/h1-2,7-9H,3-6H2. The highest BCUT2D eigenvalue weighted by molar-refractivity contribution is 7.15. The summed E-state index contributed by atoms with van der Waals surface area (Å²) in [6.07, 6.45) is -2.00. The van der Waals surface area contributed by atoms with Crippen molar-refractivity contribution in [3.63, 3.8) is 0 Å². The van der Waals surface area contributed by atoms with E-state index in [0.717, 1.165) is 12.3 Å². The molecule has 0 radical (unpaired) electrons. The molecule has 1 saturated heterocycles. The van der Waals surface area contributed by atoms with Gasteiger partial charge in [-0.25, -0.2) is 4.98 Å². The maximum Gasteiger partial charge on any atom is 0.417 e. The first kappa shape index (κ1) is 17.5. The topological polar surface area (TPSA) is 79.8 Å². The van der Waals surface area contributed by atoms with E-state index in [-0.39, 0.29) is 5.82 Å². The van der Waals surface area contributed by atoms with Gasteiger partial charge in [0, 0.05) is 37.8 Å². The van der Waals surface area contributed by atoms with E-state index in [2.05, 4.69) is 9.97 Å². The van der Waals surface area contributed by atoms with Gasteiger partial charge in [0.1, 0.15) is 12.0 Å². The molecule has 0 aliphatic carbocycles. The summed E-state index contributed by atoms with van der Waals surface area (Å²) in [7, 11) is 0. The predicted octanol–water partition coefficient (Wildman–Crippen LogP) is 3.04. The monoisotopic (exact) mass is 398 g/mol. The van der Waals surface area contributed by atoms with Gasteiger partial charge in [0.05, 0.1) is 5.56 Å². The second kappa shape index (κ2) is 6.37. The predicted molar refractivity (Wildman–Crippen MR) is 93.4 cm³/mol. The minimum atomic E-state index is -4.42. The van der Waals surface area contributed by atoms with Gasteiger partial charge in [-0.2, -0.15) is 22.6 Å². The second-order valence-corrected chi connectivity index (χ2v) is 6.82. The molecule has 0 N–H and O–H groups in total. The van der Waals surface area contributed by atoms with E-state index in [4.69, 9.17) is 0 Å². The van der Waals surface area contributed by atoms with Gasteiger partial charge >= 0.3 is 12.0 Å². The number of hydrogen-bond acceptors (Lipinski definition) is 7. The molecular weight excluding hydrogens is 385 g/mol. The first-order valence-corrected chi connectivity index (χ1v) is 8.85. The average molecular weight is 398 g/mol. The maximum atomic E-state index is 12.6. The minimum absolute atomic E-state index is 0.0765. The average Bonchev–Trinajstić information content (AvgIpc) is 3.22. The number of halogens is 3. The van der Waals surface area contributed by atoms with Crippen molar-refractivity contribution < 1.29 is 18.1 Å². The van der Waals surface area contributed by atoms with E-state index in [0.29, 0.717) is 42.8 Å². The zero-order valence-electron chi connectivity index (χ0n) is 13.8. The van der Waals surface area contributed by atoms with E-state index in [1.54, 1.807) is 11.6 Å². The van der Waals surface area contributed by atoms with Gasteiger partial charge in [-0.05, 0) is 17.1 Å². The van der Waals surface area contributed by atoms with Crippen molar-refractivity contribution in [2.45, 2.75) is 6.18 Å². The zero-order chi connectivity index (χ0) is 19.2. The van der Waals surface area contributed by atoms with Crippen molar-refractivity contribution in [1.29, 1.82) is 0 Å². The third kappa shape index (κ3) is 3.16. The number of anilines is 2. The smallest absolute Gasteiger partial charge is 0.358 e. The van der Waals surface area contributed by atoms with Crippen LogP contribution < -0.4 is 9.80 Å².